The minimum absolute atomic E-state index is 0.274. The van der Waals surface area contributed by atoms with Gasteiger partial charge in [0, 0.05) is 18.1 Å². The lowest BCUT2D eigenvalue weighted by Crippen LogP contribution is -2.52. The van der Waals surface area contributed by atoms with Crippen LogP contribution in [-0.2, 0) is 26.0 Å². The summed E-state index contributed by atoms with van der Waals surface area (Å²) in [5.41, 5.74) is 1.91. The Morgan fingerprint density at radius 3 is 2.36 bits per heavy atom. The third kappa shape index (κ3) is 7.47. The van der Waals surface area contributed by atoms with Gasteiger partial charge in [-0.25, -0.2) is 8.42 Å². The van der Waals surface area contributed by atoms with Crippen molar-refractivity contribution in [1.29, 1.82) is 0 Å². The van der Waals surface area contributed by atoms with Crippen molar-refractivity contribution in [2.45, 2.75) is 39.7 Å². The van der Waals surface area contributed by atoms with Gasteiger partial charge in [0.2, 0.25) is 21.8 Å². The van der Waals surface area contributed by atoms with Gasteiger partial charge < -0.3 is 10.2 Å². The van der Waals surface area contributed by atoms with Gasteiger partial charge in [-0.1, -0.05) is 54.9 Å². The van der Waals surface area contributed by atoms with Gasteiger partial charge in [-0.15, -0.1) is 0 Å². The Labute approximate surface area is 201 Å². The quantitative estimate of drug-likeness (QED) is 0.519. The van der Waals surface area contributed by atoms with Gasteiger partial charge in [0.05, 0.1) is 11.9 Å². The summed E-state index contributed by atoms with van der Waals surface area (Å²) in [7, 11) is -3.79. The SMILES string of the molecule is CCCNC(=O)[C@H](C)N(CCc1ccccc1)C(=O)CN(c1cccc(Cl)c1C)S(C)(=O)=O. The average molecular weight is 494 g/mol. The molecule has 0 aliphatic heterocycles. The lowest BCUT2D eigenvalue weighted by Gasteiger charge is -2.32. The summed E-state index contributed by atoms with van der Waals surface area (Å²) in [5, 5.41) is 3.22. The molecule has 7 nitrogen and oxygen atoms in total. The summed E-state index contributed by atoms with van der Waals surface area (Å²) >= 11 is 6.20. The molecule has 0 saturated carbocycles. The number of benzene rings is 2. The number of carbonyl (C=O) groups excluding carboxylic acids is 2. The zero-order chi connectivity index (χ0) is 24.6. The van der Waals surface area contributed by atoms with Crippen LogP contribution in [0.2, 0.25) is 5.02 Å². The van der Waals surface area contributed by atoms with E-state index in [1.165, 1.54) is 4.90 Å². The Balaban J connectivity index is 2.33. The van der Waals surface area contributed by atoms with E-state index >= 15 is 0 Å². The fourth-order valence-electron chi connectivity index (χ4n) is 3.43. The van der Waals surface area contributed by atoms with Gasteiger partial charge >= 0.3 is 0 Å². The van der Waals surface area contributed by atoms with E-state index in [0.717, 1.165) is 22.5 Å². The molecule has 2 amide bonds. The van der Waals surface area contributed by atoms with Crippen LogP contribution in [0, 0.1) is 6.92 Å². The minimum Gasteiger partial charge on any atom is -0.354 e. The molecule has 0 aromatic heterocycles. The first-order chi connectivity index (χ1) is 15.6. The zero-order valence-electron chi connectivity index (χ0n) is 19.5. The van der Waals surface area contributed by atoms with Crippen molar-refractivity contribution in [3.05, 3.63) is 64.7 Å². The van der Waals surface area contributed by atoms with Crippen LogP contribution in [0.15, 0.2) is 48.5 Å². The van der Waals surface area contributed by atoms with Crippen LogP contribution < -0.4 is 9.62 Å². The minimum atomic E-state index is -3.79. The fourth-order valence-corrected chi connectivity index (χ4v) is 4.50. The summed E-state index contributed by atoms with van der Waals surface area (Å²) in [6.07, 6.45) is 2.35. The molecule has 0 aliphatic carbocycles. The van der Waals surface area contributed by atoms with Gasteiger partial charge in [0.15, 0.2) is 0 Å². The summed E-state index contributed by atoms with van der Waals surface area (Å²) in [6.45, 7) is 5.65. The van der Waals surface area contributed by atoms with Crippen molar-refractivity contribution in [2.75, 3.05) is 30.2 Å². The Morgan fingerprint density at radius 2 is 1.76 bits per heavy atom. The first-order valence-corrected chi connectivity index (χ1v) is 13.1. The second-order valence-electron chi connectivity index (χ2n) is 7.94. The lowest BCUT2D eigenvalue weighted by molar-refractivity contribution is -0.138. The van der Waals surface area contributed by atoms with Crippen molar-refractivity contribution in [1.82, 2.24) is 10.2 Å². The van der Waals surface area contributed by atoms with Gasteiger partial charge in [0.25, 0.3) is 0 Å². The molecule has 33 heavy (non-hydrogen) atoms. The molecule has 180 valence electrons. The largest absolute Gasteiger partial charge is 0.354 e. The van der Waals surface area contributed by atoms with Gasteiger partial charge in [-0.2, -0.15) is 0 Å². The molecule has 2 rings (SSSR count). The molecule has 1 N–H and O–H groups in total. The predicted octanol–water partition coefficient (Wildman–Crippen LogP) is 3.40. The Kier molecular flexibility index (Phi) is 9.73. The molecule has 0 aliphatic rings. The van der Waals surface area contributed by atoms with Crippen LogP contribution in [0.5, 0.6) is 0 Å². The Bertz CT molecular complexity index is 1060. The number of nitrogens with one attached hydrogen (secondary N) is 1. The van der Waals surface area contributed by atoms with Gasteiger partial charge in [-0.05, 0) is 49.9 Å². The molecule has 0 bridgehead atoms. The number of hydrogen-bond acceptors (Lipinski definition) is 4. The van der Waals surface area contributed by atoms with Gasteiger partial charge in [0.1, 0.15) is 12.6 Å². The van der Waals surface area contributed by atoms with Crippen molar-refractivity contribution in [3.63, 3.8) is 0 Å². The van der Waals surface area contributed by atoms with E-state index in [9.17, 15) is 18.0 Å². The molecule has 0 unspecified atom stereocenters. The number of halogens is 1. The van der Waals surface area contributed by atoms with Crippen molar-refractivity contribution >= 4 is 39.1 Å². The summed E-state index contributed by atoms with van der Waals surface area (Å²) in [5.74, 6) is -0.738. The number of sulfonamides is 1. The highest BCUT2D eigenvalue weighted by atomic mass is 35.5. The third-order valence-electron chi connectivity index (χ3n) is 5.39. The molecule has 0 saturated heterocycles. The van der Waals surface area contributed by atoms with E-state index in [2.05, 4.69) is 5.32 Å². The Hall–Kier alpha value is -2.58. The topological polar surface area (TPSA) is 86.8 Å². The van der Waals surface area contributed by atoms with Crippen molar-refractivity contribution < 1.29 is 18.0 Å². The van der Waals surface area contributed by atoms with Crippen LogP contribution in [-0.4, -0.2) is 57.1 Å². The number of amides is 2. The van der Waals surface area contributed by atoms with E-state index in [0.29, 0.717) is 29.2 Å². The van der Waals surface area contributed by atoms with Crippen molar-refractivity contribution in [2.24, 2.45) is 0 Å². The van der Waals surface area contributed by atoms with Crippen LogP contribution in [0.3, 0.4) is 0 Å². The number of carbonyl (C=O) groups is 2. The number of nitrogens with zero attached hydrogens (tertiary/aromatic N) is 2. The molecule has 9 heteroatoms. The highest BCUT2D eigenvalue weighted by molar-refractivity contribution is 7.92. The van der Waals surface area contributed by atoms with E-state index in [4.69, 9.17) is 11.6 Å². The normalized spacial score (nSPS) is 12.2. The molecule has 1 atom stereocenters. The fraction of sp³-hybridized carbons (Fsp3) is 0.417. The second kappa shape index (κ2) is 12.0. The third-order valence-corrected chi connectivity index (χ3v) is 6.92. The van der Waals surface area contributed by atoms with Crippen LogP contribution in [0.25, 0.3) is 0 Å². The molecule has 0 fully saturated rings. The molecular weight excluding hydrogens is 462 g/mol. The van der Waals surface area contributed by atoms with E-state index in [1.54, 1.807) is 32.0 Å². The standard InChI is InChI=1S/C24H32ClN3O4S/c1-5-15-26-24(30)19(3)27(16-14-20-10-7-6-8-11-20)23(29)17-28(33(4,31)32)22-13-9-12-21(25)18(22)2/h6-13,19H,5,14-17H2,1-4H3,(H,26,30)/t19-/m0/s1. The lowest BCUT2D eigenvalue weighted by atomic mass is 10.1. The molecule has 0 radical (unpaired) electrons. The molecule has 2 aromatic rings. The predicted molar refractivity (Wildman–Crippen MR) is 133 cm³/mol. The van der Waals surface area contributed by atoms with Gasteiger partial charge in [-0.3, -0.25) is 13.9 Å². The van der Waals surface area contributed by atoms with E-state index < -0.39 is 28.5 Å². The smallest absolute Gasteiger partial charge is 0.244 e. The summed E-state index contributed by atoms with van der Waals surface area (Å²) in [4.78, 5) is 27.5. The second-order valence-corrected chi connectivity index (χ2v) is 10.3. The highest BCUT2D eigenvalue weighted by Crippen LogP contribution is 2.28. The van der Waals surface area contributed by atoms with E-state index in [-0.39, 0.29) is 12.5 Å². The maximum atomic E-state index is 13.4. The zero-order valence-corrected chi connectivity index (χ0v) is 21.1. The summed E-state index contributed by atoms with van der Waals surface area (Å²) in [6, 6.07) is 13.8. The van der Waals surface area contributed by atoms with Crippen molar-refractivity contribution in [3.8, 4) is 0 Å². The monoisotopic (exact) mass is 493 g/mol. The van der Waals surface area contributed by atoms with Crippen LogP contribution in [0.1, 0.15) is 31.4 Å². The molecule has 0 heterocycles. The summed E-state index contributed by atoms with van der Waals surface area (Å²) < 4.78 is 26.3. The highest BCUT2D eigenvalue weighted by Gasteiger charge is 2.30. The molecular formula is C24H32ClN3O4S. The van der Waals surface area contributed by atoms with Crippen LogP contribution in [0.4, 0.5) is 5.69 Å². The maximum Gasteiger partial charge on any atom is 0.244 e. The molecule has 2 aromatic carbocycles. The van der Waals surface area contributed by atoms with Crippen LogP contribution >= 0.6 is 11.6 Å². The Morgan fingerprint density at radius 1 is 1.09 bits per heavy atom. The molecule has 0 spiro atoms. The number of hydrogen-bond donors (Lipinski definition) is 1. The van der Waals surface area contributed by atoms with E-state index in [1.807, 2.05) is 37.3 Å². The first-order valence-electron chi connectivity index (χ1n) is 10.9. The maximum absolute atomic E-state index is 13.4. The average Bonchev–Trinajstić information content (AvgIpc) is 2.77. The first kappa shape index (κ1) is 26.7. The number of anilines is 1. The number of rotatable bonds is 11.